The summed E-state index contributed by atoms with van der Waals surface area (Å²) in [5, 5.41) is 10.2. The van der Waals surface area contributed by atoms with Crippen molar-refractivity contribution in [2.75, 3.05) is 11.4 Å². The molecule has 0 unspecified atom stereocenters. The number of carbonyl (C=O) groups is 1. The lowest BCUT2D eigenvalue weighted by atomic mass is 10.1. The first-order chi connectivity index (χ1) is 10.9. The molecule has 4 nitrogen and oxygen atoms in total. The number of hydrogen-bond acceptors (Lipinski definition) is 4. The van der Waals surface area contributed by atoms with Crippen molar-refractivity contribution >= 4 is 22.4 Å². The Hall–Kier alpha value is -1.75. The van der Waals surface area contributed by atoms with Crippen LogP contribution in [-0.4, -0.2) is 22.6 Å². The van der Waals surface area contributed by atoms with E-state index in [4.69, 9.17) is 0 Å². The van der Waals surface area contributed by atoms with Crippen LogP contribution in [-0.2, 0) is 4.79 Å². The van der Waals surface area contributed by atoms with Gasteiger partial charge in [0.1, 0.15) is 5.01 Å². The molecule has 0 aliphatic heterocycles. The maximum Gasteiger partial charge on any atom is 0.229 e. The minimum atomic E-state index is 0.126. The van der Waals surface area contributed by atoms with Gasteiger partial charge in [0, 0.05) is 18.5 Å². The quantitative estimate of drug-likeness (QED) is 0.780. The van der Waals surface area contributed by atoms with Gasteiger partial charge in [-0.05, 0) is 24.3 Å². The smallest absolute Gasteiger partial charge is 0.229 e. The molecule has 0 bridgehead atoms. The molecule has 2 rings (SSSR count). The third kappa shape index (κ3) is 4.61. The first kappa shape index (κ1) is 17.6. The molecule has 1 aromatic heterocycles. The number of aryl methyl sites for hydroxylation is 1. The Balaban J connectivity index is 2.30. The zero-order valence-electron chi connectivity index (χ0n) is 14.5. The monoisotopic (exact) mass is 331 g/mol. The lowest BCUT2D eigenvalue weighted by Gasteiger charge is -2.22. The molecule has 2 aromatic rings. The molecule has 0 radical (unpaired) electrons. The van der Waals surface area contributed by atoms with Gasteiger partial charge >= 0.3 is 0 Å². The average molecular weight is 331 g/mol. The number of benzene rings is 1. The zero-order chi connectivity index (χ0) is 17.0. The molecule has 5 heteroatoms. The minimum Gasteiger partial charge on any atom is -0.286 e. The van der Waals surface area contributed by atoms with Gasteiger partial charge in [-0.2, -0.15) is 0 Å². The lowest BCUT2D eigenvalue weighted by molar-refractivity contribution is -0.119. The van der Waals surface area contributed by atoms with Crippen molar-refractivity contribution in [3.8, 4) is 10.6 Å². The van der Waals surface area contributed by atoms with Crippen molar-refractivity contribution < 1.29 is 4.79 Å². The van der Waals surface area contributed by atoms with Crippen molar-refractivity contribution in [1.29, 1.82) is 0 Å². The molecule has 1 heterocycles. The van der Waals surface area contributed by atoms with E-state index in [2.05, 4.69) is 50.9 Å². The maximum absolute atomic E-state index is 12.6. The van der Waals surface area contributed by atoms with Crippen molar-refractivity contribution in [1.82, 2.24) is 10.2 Å². The number of carbonyl (C=O) groups excluding carboxylic acids is 1. The van der Waals surface area contributed by atoms with Gasteiger partial charge in [-0.3, -0.25) is 9.69 Å². The number of rotatable bonds is 6. The highest BCUT2D eigenvalue weighted by Gasteiger charge is 2.22. The van der Waals surface area contributed by atoms with Gasteiger partial charge in [-0.25, -0.2) is 0 Å². The summed E-state index contributed by atoms with van der Waals surface area (Å²) in [5.74, 6) is 0.846. The summed E-state index contributed by atoms with van der Waals surface area (Å²) >= 11 is 1.49. The Morgan fingerprint density at radius 3 is 2.43 bits per heavy atom. The molecular weight excluding hydrogens is 306 g/mol. The highest BCUT2D eigenvalue weighted by atomic mass is 32.1. The number of anilines is 1. The fourth-order valence-electron chi connectivity index (χ4n) is 2.36. The van der Waals surface area contributed by atoms with Gasteiger partial charge in [0.25, 0.3) is 0 Å². The van der Waals surface area contributed by atoms with Crippen LogP contribution in [0.2, 0.25) is 0 Å². The molecule has 0 spiro atoms. The summed E-state index contributed by atoms with van der Waals surface area (Å²) < 4.78 is 0. The predicted octanol–water partition coefficient (Wildman–Crippen LogP) is 4.55. The Morgan fingerprint density at radius 1 is 1.13 bits per heavy atom. The first-order valence-electron chi connectivity index (χ1n) is 8.08. The van der Waals surface area contributed by atoms with Crippen LogP contribution in [0.4, 0.5) is 5.13 Å². The molecule has 1 aromatic carbocycles. The van der Waals surface area contributed by atoms with E-state index in [0.717, 1.165) is 10.6 Å². The van der Waals surface area contributed by atoms with Crippen LogP contribution in [0.25, 0.3) is 10.6 Å². The number of nitrogens with zero attached hydrogens (tertiary/aromatic N) is 3. The molecular formula is C18H25N3OS. The van der Waals surface area contributed by atoms with E-state index in [9.17, 15) is 4.79 Å². The maximum atomic E-state index is 12.6. The molecule has 0 atom stereocenters. The van der Waals surface area contributed by atoms with E-state index < -0.39 is 0 Å². The normalized spacial score (nSPS) is 11.3. The zero-order valence-corrected chi connectivity index (χ0v) is 15.4. The van der Waals surface area contributed by atoms with Crippen LogP contribution in [0.5, 0.6) is 0 Å². The number of hydrogen-bond donors (Lipinski definition) is 0. The standard InChI is InChI=1S/C18H25N3OS/c1-12(2)10-16(22)21(11-13(3)4)18-20-19-17(23-18)15-9-7-6-8-14(15)5/h6-9,12-13H,10-11H2,1-5H3. The fraction of sp³-hybridized carbons (Fsp3) is 0.500. The number of amides is 1. The molecule has 23 heavy (non-hydrogen) atoms. The van der Waals surface area contributed by atoms with Crippen molar-refractivity contribution in [2.24, 2.45) is 11.8 Å². The summed E-state index contributed by atoms with van der Waals surface area (Å²) in [6, 6.07) is 8.12. The van der Waals surface area contributed by atoms with Crippen LogP contribution < -0.4 is 4.90 Å². The third-order valence-corrected chi connectivity index (χ3v) is 4.43. The van der Waals surface area contributed by atoms with Gasteiger partial charge in [-0.15, -0.1) is 10.2 Å². The minimum absolute atomic E-state index is 0.126. The van der Waals surface area contributed by atoms with Gasteiger partial charge in [-0.1, -0.05) is 63.3 Å². The SMILES string of the molecule is Cc1ccccc1-c1nnc(N(CC(C)C)C(=O)CC(C)C)s1. The Kier molecular flexibility index (Phi) is 5.88. The predicted molar refractivity (Wildman–Crippen MR) is 96.7 cm³/mol. The second-order valence-corrected chi connectivity index (χ2v) is 7.66. The molecule has 0 N–H and O–H groups in total. The van der Waals surface area contributed by atoms with Crippen LogP contribution in [0, 0.1) is 18.8 Å². The van der Waals surface area contributed by atoms with Crippen molar-refractivity contribution in [3.63, 3.8) is 0 Å². The summed E-state index contributed by atoms with van der Waals surface area (Å²) in [5.41, 5.74) is 2.25. The third-order valence-electron chi connectivity index (χ3n) is 3.45. The highest BCUT2D eigenvalue weighted by Crippen LogP contribution is 2.31. The summed E-state index contributed by atoms with van der Waals surface area (Å²) in [6.07, 6.45) is 0.534. The topological polar surface area (TPSA) is 46.1 Å². The van der Waals surface area contributed by atoms with Crippen LogP contribution >= 0.6 is 11.3 Å². The average Bonchev–Trinajstić information content (AvgIpc) is 2.93. The van der Waals surface area contributed by atoms with E-state index in [0.29, 0.717) is 29.9 Å². The van der Waals surface area contributed by atoms with Gasteiger partial charge in [0.2, 0.25) is 11.0 Å². The van der Waals surface area contributed by atoms with Crippen LogP contribution in [0.3, 0.4) is 0 Å². The van der Waals surface area contributed by atoms with E-state index in [1.165, 1.54) is 16.9 Å². The van der Waals surface area contributed by atoms with Gasteiger partial charge in [0.15, 0.2) is 0 Å². The second-order valence-electron chi connectivity index (χ2n) is 6.70. The summed E-state index contributed by atoms with van der Waals surface area (Å²) in [6.45, 7) is 11.1. The molecule has 124 valence electrons. The molecule has 0 aliphatic rings. The largest absolute Gasteiger partial charge is 0.286 e. The Morgan fingerprint density at radius 2 is 1.83 bits per heavy atom. The Labute approximate surface area is 142 Å². The van der Waals surface area contributed by atoms with Crippen molar-refractivity contribution in [2.45, 2.75) is 41.0 Å². The van der Waals surface area contributed by atoms with E-state index in [1.807, 2.05) is 18.2 Å². The number of aromatic nitrogens is 2. The highest BCUT2D eigenvalue weighted by molar-refractivity contribution is 7.18. The fourth-order valence-corrected chi connectivity index (χ4v) is 3.32. The van der Waals surface area contributed by atoms with Gasteiger partial charge < -0.3 is 0 Å². The van der Waals surface area contributed by atoms with E-state index in [1.54, 1.807) is 4.90 Å². The summed E-state index contributed by atoms with van der Waals surface area (Å²) in [4.78, 5) is 14.4. The molecule has 0 fully saturated rings. The molecule has 0 saturated carbocycles. The Bertz CT molecular complexity index is 664. The lowest BCUT2D eigenvalue weighted by Crippen LogP contribution is -2.34. The van der Waals surface area contributed by atoms with Crippen molar-refractivity contribution in [3.05, 3.63) is 29.8 Å². The van der Waals surface area contributed by atoms with Crippen LogP contribution in [0.1, 0.15) is 39.7 Å². The first-order valence-corrected chi connectivity index (χ1v) is 8.90. The molecule has 0 aliphatic carbocycles. The second kappa shape index (κ2) is 7.68. The van der Waals surface area contributed by atoms with E-state index in [-0.39, 0.29) is 5.91 Å². The molecule has 1 amide bonds. The van der Waals surface area contributed by atoms with E-state index >= 15 is 0 Å². The van der Waals surface area contributed by atoms with Gasteiger partial charge in [0.05, 0.1) is 0 Å². The summed E-state index contributed by atoms with van der Waals surface area (Å²) in [7, 11) is 0. The molecule has 0 saturated heterocycles. The van der Waals surface area contributed by atoms with Crippen LogP contribution in [0.15, 0.2) is 24.3 Å².